The van der Waals surface area contributed by atoms with Gasteiger partial charge in [0.2, 0.25) is 0 Å². The first-order valence-electron chi connectivity index (χ1n) is 18.1. The Kier molecular flexibility index (Phi) is 13.8. The van der Waals surface area contributed by atoms with Gasteiger partial charge in [0.15, 0.2) is 0 Å². The second-order valence-corrected chi connectivity index (χ2v) is 13.5. The SMILES string of the molecule is CC(C)c1cccc2cccc(CCCF)c12.CCCc1cccc2cccc(CC)c12.CCc1c(F)ccc2cc(O)cc(C(C)C)c12. The van der Waals surface area contributed by atoms with Gasteiger partial charge >= 0.3 is 0 Å². The highest BCUT2D eigenvalue weighted by Gasteiger charge is 2.14. The minimum Gasteiger partial charge on any atom is -0.508 e. The molecule has 0 radical (unpaired) electrons. The Hall–Kier alpha value is -4.24. The summed E-state index contributed by atoms with van der Waals surface area (Å²) in [5.41, 5.74) is 7.40. The standard InChI is InChI=1S/C16H19F.C15H17FO.C15H18/c1-12(2)15-10-4-8-13-6-3-7-14(16(13)15)9-5-11-17;1-4-12-14(16)6-5-10-7-11(17)8-13(9(2)3)15(10)12;1-3-7-13-9-6-11-14-10-5-8-12(4-2)15(13)14/h3-4,6-8,10,12H,5,9,11H2,1-2H3;5-9,17H,4H2,1-3H3;5-6,8-11H,3-4,7H2,1-2H3. The number of hydrogen-bond donors (Lipinski definition) is 1. The van der Waals surface area contributed by atoms with E-state index in [9.17, 15) is 13.9 Å². The highest BCUT2D eigenvalue weighted by atomic mass is 19.1. The highest BCUT2D eigenvalue weighted by Crippen LogP contribution is 2.34. The molecule has 258 valence electrons. The molecule has 0 heterocycles. The van der Waals surface area contributed by atoms with Gasteiger partial charge in [-0.2, -0.15) is 0 Å². The van der Waals surface area contributed by atoms with E-state index >= 15 is 0 Å². The largest absolute Gasteiger partial charge is 0.508 e. The summed E-state index contributed by atoms with van der Waals surface area (Å²) in [6.07, 6.45) is 5.64. The average Bonchev–Trinajstić information content (AvgIpc) is 3.10. The minimum atomic E-state index is -0.236. The Balaban J connectivity index is 0.000000166. The summed E-state index contributed by atoms with van der Waals surface area (Å²) in [7, 11) is 0. The fraction of sp³-hybridized carbons (Fsp3) is 0.348. The zero-order valence-electron chi connectivity index (χ0n) is 30.5. The number of hydrogen-bond acceptors (Lipinski definition) is 1. The van der Waals surface area contributed by atoms with E-state index in [-0.39, 0.29) is 24.2 Å². The van der Waals surface area contributed by atoms with Crippen LogP contribution in [0.4, 0.5) is 8.78 Å². The van der Waals surface area contributed by atoms with E-state index < -0.39 is 0 Å². The van der Waals surface area contributed by atoms with Crippen molar-refractivity contribution in [3.05, 3.63) is 136 Å². The molecule has 0 unspecified atom stereocenters. The second kappa shape index (κ2) is 18.0. The predicted octanol–water partition coefficient (Wildman–Crippen LogP) is 13.6. The van der Waals surface area contributed by atoms with Crippen molar-refractivity contribution in [3.63, 3.8) is 0 Å². The van der Waals surface area contributed by atoms with Gasteiger partial charge in [-0.3, -0.25) is 4.39 Å². The van der Waals surface area contributed by atoms with Gasteiger partial charge in [0.1, 0.15) is 11.6 Å². The van der Waals surface area contributed by atoms with E-state index in [1.807, 2.05) is 6.92 Å². The third kappa shape index (κ3) is 9.06. The summed E-state index contributed by atoms with van der Waals surface area (Å²) in [6.45, 7) is 14.7. The van der Waals surface area contributed by atoms with Gasteiger partial charge in [-0.15, -0.1) is 0 Å². The van der Waals surface area contributed by atoms with Crippen LogP contribution >= 0.6 is 0 Å². The van der Waals surface area contributed by atoms with Gasteiger partial charge in [-0.1, -0.05) is 134 Å². The molecular weight excluding hydrogens is 607 g/mol. The van der Waals surface area contributed by atoms with E-state index in [0.717, 1.165) is 34.7 Å². The molecule has 49 heavy (non-hydrogen) atoms. The van der Waals surface area contributed by atoms with E-state index in [2.05, 4.69) is 114 Å². The van der Waals surface area contributed by atoms with Gasteiger partial charge in [-0.05, 0) is 128 Å². The first kappa shape index (κ1) is 37.6. The van der Waals surface area contributed by atoms with Crippen molar-refractivity contribution < 1.29 is 13.9 Å². The fourth-order valence-electron chi connectivity index (χ4n) is 7.01. The van der Waals surface area contributed by atoms with Crippen molar-refractivity contribution in [3.8, 4) is 5.75 Å². The van der Waals surface area contributed by atoms with E-state index in [1.165, 1.54) is 62.7 Å². The average molecular weight is 661 g/mol. The summed E-state index contributed by atoms with van der Waals surface area (Å²) in [5, 5.41) is 17.0. The molecule has 6 aromatic carbocycles. The maximum atomic E-state index is 13.8. The second-order valence-electron chi connectivity index (χ2n) is 13.5. The molecule has 0 aliphatic heterocycles. The fourth-order valence-corrected chi connectivity index (χ4v) is 7.01. The lowest BCUT2D eigenvalue weighted by Gasteiger charge is -2.15. The Bertz CT molecular complexity index is 1960. The maximum Gasteiger partial charge on any atom is 0.127 e. The van der Waals surface area contributed by atoms with E-state index in [0.29, 0.717) is 18.8 Å². The van der Waals surface area contributed by atoms with Crippen LogP contribution in [0.2, 0.25) is 0 Å². The Morgan fingerprint density at radius 3 is 1.69 bits per heavy atom. The third-order valence-corrected chi connectivity index (χ3v) is 9.36. The number of phenolic OH excluding ortho intramolecular Hbond substituents is 1. The molecule has 0 aliphatic rings. The van der Waals surface area contributed by atoms with Crippen LogP contribution in [-0.4, -0.2) is 11.8 Å². The van der Waals surface area contributed by atoms with Crippen LogP contribution in [-0.2, 0) is 25.7 Å². The predicted molar refractivity (Wildman–Crippen MR) is 209 cm³/mol. The van der Waals surface area contributed by atoms with Gasteiger partial charge in [0.05, 0.1) is 6.67 Å². The van der Waals surface area contributed by atoms with Gasteiger partial charge < -0.3 is 5.11 Å². The molecule has 0 saturated heterocycles. The van der Waals surface area contributed by atoms with Gasteiger partial charge in [0.25, 0.3) is 0 Å². The lowest BCUT2D eigenvalue weighted by molar-refractivity contribution is 0.473. The number of rotatable bonds is 9. The summed E-state index contributed by atoms with van der Waals surface area (Å²) in [4.78, 5) is 0. The van der Waals surface area contributed by atoms with Crippen LogP contribution in [0.1, 0.15) is 107 Å². The molecular formula is C46H54F2O. The third-order valence-electron chi connectivity index (χ3n) is 9.36. The Morgan fingerprint density at radius 1 is 0.571 bits per heavy atom. The molecule has 0 spiro atoms. The molecule has 1 nitrogen and oxygen atoms in total. The molecule has 0 amide bonds. The van der Waals surface area contributed by atoms with Crippen LogP contribution in [0.25, 0.3) is 32.3 Å². The lowest BCUT2D eigenvalue weighted by Crippen LogP contribution is -1.96. The molecule has 1 N–H and O–H groups in total. The van der Waals surface area contributed by atoms with E-state index in [1.54, 1.807) is 18.2 Å². The van der Waals surface area contributed by atoms with Crippen molar-refractivity contribution in [2.24, 2.45) is 0 Å². The summed E-state index contributed by atoms with van der Waals surface area (Å²) in [5.74, 6) is 0.851. The number of phenols is 1. The Morgan fingerprint density at radius 2 is 1.14 bits per heavy atom. The molecule has 6 rings (SSSR count). The first-order chi connectivity index (χ1) is 23.6. The monoisotopic (exact) mass is 660 g/mol. The van der Waals surface area contributed by atoms with Crippen molar-refractivity contribution in [1.29, 1.82) is 0 Å². The molecule has 0 aromatic heterocycles. The minimum absolute atomic E-state index is 0.160. The smallest absolute Gasteiger partial charge is 0.127 e. The number of aryl methyl sites for hydroxylation is 4. The molecule has 0 bridgehead atoms. The summed E-state index contributed by atoms with van der Waals surface area (Å²) >= 11 is 0. The Labute approximate surface area is 293 Å². The molecule has 3 heteroatoms. The maximum absolute atomic E-state index is 13.8. The molecule has 0 fully saturated rings. The molecule has 0 saturated carbocycles. The van der Waals surface area contributed by atoms with Crippen LogP contribution in [0.3, 0.4) is 0 Å². The first-order valence-corrected chi connectivity index (χ1v) is 18.1. The van der Waals surface area contributed by atoms with Crippen LogP contribution in [0.15, 0.2) is 97.1 Å². The van der Waals surface area contributed by atoms with Crippen LogP contribution < -0.4 is 0 Å². The van der Waals surface area contributed by atoms with Gasteiger partial charge in [0, 0.05) is 0 Å². The lowest BCUT2D eigenvalue weighted by atomic mass is 9.91. The van der Waals surface area contributed by atoms with Crippen LogP contribution in [0.5, 0.6) is 5.75 Å². The number of fused-ring (bicyclic) bond motifs is 3. The molecule has 6 aromatic rings. The van der Waals surface area contributed by atoms with Crippen molar-refractivity contribution in [2.75, 3.05) is 6.67 Å². The summed E-state index contributed by atoms with van der Waals surface area (Å²) < 4.78 is 26.1. The normalized spacial score (nSPS) is 11.2. The van der Waals surface area contributed by atoms with Crippen molar-refractivity contribution in [2.45, 2.75) is 98.8 Å². The number of aromatic hydroxyl groups is 1. The van der Waals surface area contributed by atoms with E-state index in [4.69, 9.17) is 0 Å². The zero-order chi connectivity index (χ0) is 35.5. The molecule has 0 aliphatic carbocycles. The number of alkyl halides is 1. The number of benzene rings is 6. The highest BCUT2D eigenvalue weighted by molar-refractivity contribution is 5.91. The topological polar surface area (TPSA) is 20.2 Å². The van der Waals surface area contributed by atoms with Crippen molar-refractivity contribution >= 4 is 32.3 Å². The zero-order valence-corrected chi connectivity index (χ0v) is 30.5. The molecule has 0 atom stereocenters. The van der Waals surface area contributed by atoms with Crippen molar-refractivity contribution in [1.82, 2.24) is 0 Å². The van der Waals surface area contributed by atoms with Gasteiger partial charge in [-0.25, -0.2) is 4.39 Å². The number of halogens is 2. The van der Waals surface area contributed by atoms with Crippen LogP contribution in [0, 0.1) is 5.82 Å². The summed E-state index contributed by atoms with van der Waals surface area (Å²) in [6, 6.07) is 32.7. The quantitative estimate of drug-likeness (QED) is 0.164.